The lowest BCUT2D eigenvalue weighted by Crippen LogP contribution is -2.44. The number of aliphatic imine (C=N–C) groups is 1. The van der Waals surface area contributed by atoms with Crippen LogP contribution in [0.5, 0.6) is 0 Å². The topological polar surface area (TPSA) is 99.9 Å². The third kappa shape index (κ3) is 6.85. The fraction of sp³-hybridized carbons (Fsp3) is 0.500. The van der Waals surface area contributed by atoms with Crippen molar-refractivity contribution in [1.29, 1.82) is 0 Å². The summed E-state index contributed by atoms with van der Waals surface area (Å²) in [5.74, 6) is 0.588. The van der Waals surface area contributed by atoms with Crippen LogP contribution in [-0.2, 0) is 11.3 Å². The first-order chi connectivity index (χ1) is 11.6. The molecule has 138 valence electrons. The third-order valence-electron chi connectivity index (χ3n) is 3.75. The van der Waals surface area contributed by atoms with Gasteiger partial charge in [-0.3, -0.25) is 14.9 Å². The Morgan fingerprint density at radius 2 is 2.04 bits per heavy atom. The van der Waals surface area contributed by atoms with E-state index in [1.54, 1.807) is 12.1 Å². The van der Waals surface area contributed by atoms with E-state index in [0.29, 0.717) is 19.0 Å². The van der Waals surface area contributed by atoms with Crippen LogP contribution in [0.3, 0.4) is 0 Å². The Morgan fingerprint density at radius 3 is 2.68 bits per heavy atom. The molecule has 2 rings (SSSR count). The predicted molar refractivity (Wildman–Crippen MR) is 107 cm³/mol. The van der Waals surface area contributed by atoms with Crippen molar-refractivity contribution in [2.45, 2.75) is 26.3 Å². The number of nitrogens with zero attached hydrogens (tertiary/aromatic N) is 3. The van der Waals surface area contributed by atoms with Crippen LogP contribution in [0, 0.1) is 10.1 Å². The number of amides is 1. The van der Waals surface area contributed by atoms with Crippen LogP contribution in [0.25, 0.3) is 0 Å². The Morgan fingerprint density at radius 1 is 1.32 bits per heavy atom. The summed E-state index contributed by atoms with van der Waals surface area (Å²) in [6, 6.07) is 6.38. The van der Waals surface area contributed by atoms with Crippen molar-refractivity contribution in [2.24, 2.45) is 4.99 Å². The van der Waals surface area contributed by atoms with Crippen molar-refractivity contribution in [3.63, 3.8) is 0 Å². The fourth-order valence-electron chi connectivity index (χ4n) is 2.52. The highest BCUT2D eigenvalue weighted by atomic mass is 127. The van der Waals surface area contributed by atoms with Gasteiger partial charge in [0.25, 0.3) is 5.69 Å². The van der Waals surface area contributed by atoms with Gasteiger partial charge in [-0.25, -0.2) is 4.99 Å². The number of nitro groups is 1. The van der Waals surface area contributed by atoms with Gasteiger partial charge in [0.15, 0.2) is 5.96 Å². The second-order valence-electron chi connectivity index (χ2n) is 5.56. The molecular weight excluding hydrogens is 437 g/mol. The molecular formula is C16H24IN5O3. The molecule has 0 atom stereocenters. The van der Waals surface area contributed by atoms with Crippen LogP contribution in [-0.4, -0.2) is 47.9 Å². The summed E-state index contributed by atoms with van der Waals surface area (Å²) >= 11 is 0. The van der Waals surface area contributed by atoms with Crippen molar-refractivity contribution < 1.29 is 9.72 Å². The number of likely N-dealkylation sites (tertiary alicyclic amines) is 1. The minimum absolute atomic E-state index is 0. The number of nitrogens with one attached hydrogen (secondary N) is 2. The maximum Gasteiger partial charge on any atom is 0.269 e. The van der Waals surface area contributed by atoms with Crippen LogP contribution in [0.1, 0.15) is 25.3 Å². The number of benzene rings is 1. The summed E-state index contributed by atoms with van der Waals surface area (Å²) in [6.07, 6.45) is 2.12. The molecule has 0 aromatic heterocycles. The summed E-state index contributed by atoms with van der Waals surface area (Å²) in [4.78, 5) is 28.7. The van der Waals surface area contributed by atoms with Gasteiger partial charge in [-0.05, 0) is 25.3 Å². The average Bonchev–Trinajstić information content (AvgIpc) is 3.12. The molecule has 0 aliphatic carbocycles. The molecule has 1 aromatic rings. The van der Waals surface area contributed by atoms with Gasteiger partial charge in [-0.15, -0.1) is 24.0 Å². The van der Waals surface area contributed by atoms with E-state index in [0.717, 1.165) is 31.5 Å². The highest BCUT2D eigenvalue weighted by molar-refractivity contribution is 14.0. The Kier molecular flexibility index (Phi) is 9.17. The molecule has 2 N–H and O–H groups in total. The summed E-state index contributed by atoms with van der Waals surface area (Å²) in [5.41, 5.74) is 0.789. The van der Waals surface area contributed by atoms with Crippen LogP contribution in [0.2, 0.25) is 0 Å². The average molecular weight is 461 g/mol. The van der Waals surface area contributed by atoms with E-state index in [4.69, 9.17) is 0 Å². The molecule has 8 nitrogen and oxygen atoms in total. The number of carbonyl (C=O) groups is 1. The van der Waals surface area contributed by atoms with Crippen molar-refractivity contribution in [3.8, 4) is 0 Å². The van der Waals surface area contributed by atoms with E-state index in [9.17, 15) is 14.9 Å². The molecule has 0 radical (unpaired) electrons. The quantitative estimate of drug-likeness (QED) is 0.222. The Hall–Kier alpha value is -1.91. The van der Waals surface area contributed by atoms with E-state index >= 15 is 0 Å². The zero-order valence-electron chi connectivity index (χ0n) is 14.2. The van der Waals surface area contributed by atoms with E-state index in [1.807, 2.05) is 11.8 Å². The van der Waals surface area contributed by atoms with Crippen LogP contribution in [0.4, 0.5) is 5.69 Å². The lowest BCUT2D eigenvalue weighted by atomic mass is 10.2. The van der Waals surface area contributed by atoms with Crippen LogP contribution < -0.4 is 10.6 Å². The van der Waals surface area contributed by atoms with Gasteiger partial charge in [0, 0.05) is 31.8 Å². The minimum atomic E-state index is -0.425. The number of nitro benzene ring substituents is 1. The van der Waals surface area contributed by atoms with E-state index in [1.165, 1.54) is 12.1 Å². The predicted octanol–water partition coefficient (Wildman–Crippen LogP) is 1.89. The smallest absolute Gasteiger partial charge is 0.269 e. The molecule has 0 bridgehead atoms. The number of non-ortho nitro benzene ring substituents is 1. The molecule has 0 saturated carbocycles. The summed E-state index contributed by atoms with van der Waals surface area (Å²) < 4.78 is 0. The maximum absolute atomic E-state index is 12.1. The zero-order chi connectivity index (χ0) is 17.4. The Labute approximate surface area is 164 Å². The van der Waals surface area contributed by atoms with Gasteiger partial charge in [0.2, 0.25) is 5.91 Å². The molecule has 1 saturated heterocycles. The van der Waals surface area contributed by atoms with Crippen LogP contribution in [0.15, 0.2) is 29.3 Å². The first-order valence-electron chi connectivity index (χ1n) is 8.13. The SMILES string of the molecule is CCNC(=NCc1cccc([N+](=O)[O-])c1)NCC(=O)N1CCCC1.I. The third-order valence-corrected chi connectivity index (χ3v) is 3.75. The lowest BCUT2D eigenvalue weighted by Gasteiger charge is -2.17. The molecule has 25 heavy (non-hydrogen) atoms. The number of rotatable bonds is 6. The summed E-state index contributed by atoms with van der Waals surface area (Å²) in [5, 5.41) is 16.9. The lowest BCUT2D eigenvalue weighted by molar-refractivity contribution is -0.384. The molecule has 1 fully saturated rings. The number of carbonyl (C=O) groups excluding carboxylic acids is 1. The van der Waals surface area contributed by atoms with Gasteiger partial charge in [-0.2, -0.15) is 0 Å². The number of halogens is 1. The summed E-state index contributed by atoms with van der Waals surface area (Å²) in [7, 11) is 0. The highest BCUT2D eigenvalue weighted by Gasteiger charge is 2.17. The summed E-state index contributed by atoms with van der Waals surface area (Å²) in [6.45, 7) is 4.74. The molecule has 1 aromatic carbocycles. The highest BCUT2D eigenvalue weighted by Crippen LogP contribution is 2.13. The monoisotopic (exact) mass is 461 g/mol. The number of hydrogen-bond donors (Lipinski definition) is 2. The standard InChI is InChI=1S/C16H23N5O3.HI/c1-2-17-16(19-12-15(22)20-8-3-4-9-20)18-11-13-6-5-7-14(10-13)21(23)24;/h5-7,10H,2-4,8-9,11-12H2,1H3,(H2,17,18,19);1H. The molecule has 1 aliphatic rings. The number of hydrogen-bond acceptors (Lipinski definition) is 4. The minimum Gasteiger partial charge on any atom is -0.357 e. The van der Waals surface area contributed by atoms with Crippen LogP contribution >= 0.6 is 24.0 Å². The molecule has 0 spiro atoms. The van der Waals surface area contributed by atoms with Crippen molar-refractivity contribution in [3.05, 3.63) is 39.9 Å². The second kappa shape index (κ2) is 10.9. The Balaban J connectivity index is 0.00000312. The molecule has 1 amide bonds. The second-order valence-corrected chi connectivity index (χ2v) is 5.56. The van der Waals surface area contributed by atoms with Gasteiger partial charge in [0.1, 0.15) is 0 Å². The Bertz CT molecular complexity index is 618. The molecule has 1 heterocycles. The molecule has 0 unspecified atom stereocenters. The van der Waals surface area contributed by atoms with Gasteiger partial charge >= 0.3 is 0 Å². The largest absolute Gasteiger partial charge is 0.357 e. The van der Waals surface area contributed by atoms with E-state index in [-0.39, 0.29) is 42.1 Å². The van der Waals surface area contributed by atoms with Gasteiger partial charge in [0.05, 0.1) is 18.0 Å². The van der Waals surface area contributed by atoms with Gasteiger partial charge < -0.3 is 15.5 Å². The molecule has 9 heteroatoms. The first-order valence-corrected chi connectivity index (χ1v) is 8.13. The van der Waals surface area contributed by atoms with E-state index in [2.05, 4.69) is 15.6 Å². The zero-order valence-corrected chi connectivity index (χ0v) is 16.6. The maximum atomic E-state index is 12.1. The normalized spacial score (nSPS) is 14.0. The van der Waals surface area contributed by atoms with Crippen molar-refractivity contribution in [1.82, 2.24) is 15.5 Å². The fourth-order valence-corrected chi connectivity index (χ4v) is 2.52. The van der Waals surface area contributed by atoms with Gasteiger partial charge in [-0.1, -0.05) is 12.1 Å². The number of guanidine groups is 1. The van der Waals surface area contributed by atoms with Crippen molar-refractivity contribution in [2.75, 3.05) is 26.2 Å². The molecule has 1 aliphatic heterocycles. The van der Waals surface area contributed by atoms with E-state index < -0.39 is 4.92 Å². The van der Waals surface area contributed by atoms with Crippen molar-refractivity contribution >= 4 is 41.5 Å². The first kappa shape index (κ1) is 21.1.